The van der Waals surface area contributed by atoms with Gasteiger partial charge in [-0.1, -0.05) is 67.2 Å². The van der Waals surface area contributed by atoms with Gasteiger partial charge in [0.2, 0.25) is 0 Å². The second-order valence-corrected chi connectivity index (χ2v) is 10.2. The molecule has 5 rings (SSSR count). The Hall–Kier alpha value is -2.32. The lowest BCUT2D eigenvalue weighted by atomic mass is 9.75. The van der Waals surface area contributed by atoms with Gasteiger partial charge in [0.1, 0.15) is 5.60 Å². The predicted octanol–water partition coefficient (Wildman–Crippen LogP) is 4.31. The van der Waals surface area contributed by atoms with Gasteiger partial charge in [-0.25, -0.2) is 0 Å². The molecule has 34 heavy (non-hydrogen) atoms. The Kier molecular flexibility index (Phi) is 8.32. The molecular formula is C30H40N2O2. The molecule has 4 saturated heterocycles. The van der Waals surface area contributed by atoms with E-state index in [1.165, 1.54) is 11.1 Å². The van der Waals surface area contributed by atoms with Crippen LogP contribution in [0.3, 0.4) is 0 Å². The number of benzene rings is 1. The molecule has 2 atom stereocenters. The molecule has 0 radical (unpaired) electrons. The van der Waals surface area contributed by atoms with Crippen LogP contribution in [0.4, 0.5) is 0 Å². The van der Waals surface area contributed by atoms with Crippen molar-refractivity contribution in [2.45, 2.75) is 64.1 Å². The van der Waals surface area contributed by atoms with Crippen LogP contribution in [0.25, 0.3) is 0 Å². The fourth-order valence-electron chi connectivity index (χ4n) is 5.38. The van der Waals surface area contributed by atoms with Gasteiger partial charge >= 0.3 is 0 Å². The molecule has 4 heteroatoms. The Bertz CT molecular complexity index is 976. The summed E-state index contributed by atoms with van der Waals surface area (Å²) in [4.78, 5) is 4.62. The maximum absolute atomic E-state index is 11.4. The van der Waals surface area contributed by atoms with Gasteiger partial charge in [0.15, 0.2) is 0 Å². The second-order valence-electron chi connectivity index (χ2n) is 10.2. The van der Waals surface area contributed by atoms with Crippen LogP contribution in [0.1, 0.15) is 51.5 Å². The minimum Gasteiger partial charge on any atom is -0.391 e. The fourth-order valence-corrected chi connectivity index (χ4v) is 5.38. The van der Waals surface area contributed by atoms with Gasteiger partial charge < -0.3 is 15.1 Å². The van der Waals surface area contributed by atoms with Gasteiger partial charge in [-0.2, -0.15) is 0 Å². The van der Waals surface area contributed by atoms with Crippen molar-refractivity contribution < 1.29 is 10.2 Å². The summed E-state index contributed by atoms with van der Waals surface area (Å²) in [6.07, 6.45) is 12.1. The lowest BCUT2D eigenvalue weighted by molar-refractivity contribution is -0.0713. The normalized spacial score (nSPS) is 29.8. The van der Waals surface area contributed by atoms with Crippen LogP contribution in [0.5, 0.6) is 0 Å². The number of aliphatic hydroxyl groups excluding tert-OH is 1. The average molecular weight is 461 g/mol. The number of nitrogens with zero attached hydrogens (tertiary/aromatic N) is 2. The molecule has 2 N–H and O–H groups in total. The summed E-state index contributed by atoms with van der Waals surface area (Å²) in [6.45, 7) is 8.72. The lowest BCUT2D eigenvalue weighted by Crippen LogP contribution is -2.58. The number of rotatable bonds is 7. The summed E-state index contributed by atoms with van der Waals surface area (Å²) < 4.78 is 0. The van der Waals surface area contributed by atoms with E-state index in [9.17, 15) is 10.2 Å². The van der Waals surface area contributed by atoms with Crippen molar-refractivity contribution in [1.29, 1.82) is 0 Å². The van der Waals surface area contributed by atoms with E-state index in [1.807, 2.05) is 6.07 Å². The van der Waals surface area contributed by atoms with Gasteiger partial charge in [-0.15, -0.1) is 0 Å². The summed E-state index contributed by atoms with van der Waals surface area (Å²) >= 11 is 0. The number of aliphatic hydroxyl groups is 2. The van der Waals surface area contributed by atoms with Gasteiger partial charge in [0, 0.05) is 36.8 Å². The van der Waals surface area contributed by atoms with E-state index in [4.69, 9.17) is 0 Å². The largest absolute Gasteiger partial charge is 0.391 e. The Morgan fingerprint density at radius 2 is 1.88 bits per heavy atom. The molecule has 4 fully saturated rings. The molecule has 4 aliphatic heterocycles. The average Bonchev–Trinajstić information content (AvgIpc) is 3.28. The van der Waals surface area contributed by atoms with Gasteiger partial charge in [0.05, 0.1) is 6.10 Å². The van der Waals surface area contributed by atoms with E-state index in [2.05, 4.69) is 78.0 Å². The molecule has 2 unspecified atom stereocenters. The first kappa shape index (κ1) is 24.8. The fraction of sp³-hybridized carbons (Fsp3) is 0.533. The van der Waals surface area contributed by atoms with Crippen molar-refractivity contribution in [2.24, 2.45) is 5.92 Å². The topological polar surface area (TPSA) is 46.9 Å². The molecule has 0 aromatic heterocycles. The smallest absolute Gasteiger partial charge is 0.141 e. The van der Waals surface area contributed by atoms with Gasteiger partial charge in [-0.05, 0) is 69.8 Å². The Morgan fingerprint density at radius 1 is 1.12 bits per heavy atom. The third kappa shape index (κ3) is 6.21. The zero-order valence-corrected chi connectivity index (χ0v) is 20.8. The third-order valence-electron chi connectivity index (χ3n) is 7.50. The quantitative estimate of drug-likeness (QED) is 0.470. The van der Waals surface area contributed by atoms with Crippen LogP contribution in [-0.4, -0.2) is 64.4 Å². The summed E-state index contributed by atoms with van der Waals surface area (Å²) in [5.41, 5.74) is 3.69. The van der Waals surface area contributed by atoms with Crippen molar-refractivity contribution in [2.75, 3.05) is 32.7 Å². The van der Waals surface area contributed by atoms with Crippen LogP contribution in [0, 0.1) is 17.8 Å². The van der Waals surface area contributed by atoms with Gasteiger partial charge in [0.25, 0.3) is 0 Å². The number of fused-ring (bicyclic) bond motifs is 3. The molecule has 0 saturated carbocycles. The van der Waals surface area contributed by atoms with E-state index in [0.29, 0.717) is 13.1 Å². The Morgan fingerprint density at radius 3 is 2.50 bits per heavy atom. The first-order valence-corrected chi connectivity index (χ1v) is 13.0. The lowest BCUT2D eigenvalue weighted by Gasteiger charge is -2.47. The number of allylic oxidation sites excluding steroid dienone is 5. The van der Waals surface area contributed by atoms with Crippen molar-refractivity contribution in [1.82, 2.24) is 9.80 Å². The summed E-state index contributed by atoms with van der Waals surface area (Å²) in [5.74, 6) is 7.01. The van der Waals surface area contributed by atoms with Gasteiger partial charge in [-0.3, -0.25) is 4.90 Å². The third-order valence-corrected chi connectivity index (χ3v) is 7.50. The van der Waals surface area contributed by atoms with E-state index in [-0.39, 0.29) is 12.0 Å². The first-order chi connectivity index (χ1) is 16.5. The number of hydrogen-bond acceptors (Lipinski definition) is 4. The van der Waals surface area contributed by atoms with Crippen LogP contribution < -0.4 is 0 Å². The van der Waals surface area contributed by atoms with Crippen LogP contribution in [0.2, 0.25) is 0 Å². The van der Waals surface area contributed by atoms with Crippen molar-refractivity contribution in [3.05, 3.63) is 71.0 Å². The van der Waals surface area contributed by atoms with Crippen molar-refractivity contribution in [3.8, 4) is 11.8 Å². The highest BCUT2D eigenvalue weighted by molar-refractivity contribution is 5.46. The molecule has 182 valence electrons. The number of hydrogen-bond donors (Lipinski definition) is 2. The van der Waals surface area contributed by atoms with E-state index in [0.717, 1.165) is 69.4 Å². The maximum Gasteiger partial charge on any atom is 0.141 e. The Balaban J connectivity index is 1.63. The van der Waals surface area contributed by atoms with E-state index in [1.54, 1.807) is 0 Å². The monoisotopic (exact) mass is 460 g/mol. The van der Waals surface area contributed by atoms with E-state index >= 15 is 0 Å². The first-order valence-electron chi connectivity index (χ1n) is 13.0. The standard InChI is InChI=1S/C30H40N2O2/c1-3-4-10-28(32-20-16-29(33)22-32)12-11-26(24(2)21-25-8-6-5-7-9-25)13-17-30(34)23-31-18-14-27(30)15-19-31/h5-12,27,29,33-34H,3-4,14-16,18-23H2,1-2H3/b12-11-,26-24-,28-10-. The Labute approximate surface area is 205 Å². The highest BCUT2D eigenvalue weighted by atomic mass is 16.3. The predicted molar refractivity (Wildman–Crippen MR) is 139 cm³/mol. The zero-order valence-electron chi connectivity index (χ0n) is 20.8. The minimum atomic E-state index is -0.914. The summed E-state index contributed by atoms with van der Waals surface area (Å²) in [6, 6.07) is 10.5. The highest BCUT2D eigenvalue weighted by Gasteiger charge is 2.44. The van der Waals surface area contributed by atoms with Crippen LogP contribution >= 0.6 is 0 Å². The van der Waals surface area contributed by atoms with Crippen molar-refractivity contribution in [3.63, 3.8) is 0 Å². The highest BCUT2D eigenvalue weighted by Crippen LogP contribution is 2.35. The number of unbranched alkanes of at least 4 members (excludes halogenated alkanes) is 1. The SMILES string of the molecule is CCC/C=C(/C=C\C(C#CC1(O)CN2CCC1CC2)=C(/C)Cc1ccccc1)N1CCC(O)C1. The molecule has 4 heterocycles. The van der Waals surface area contributed by atoms with Crippen LogP contribution in [-0.2, 0) is 6.42 Å². The molecule has 1 aromatic rings. The summed E-state index contributed by atoms with van der Waals surface area (Å²) in [7, 11) is 0. The molecule has 0 aliphatic carbocycles. The molecule has 4 nitrogen and oxygen atoms in total. The van der Waals surface area contributed by atoms with Crippen LogP contribution in [0.15, 0.2) is 65.4 Å². The summed E-state index contributed by atoms with van der Waals surface area (Å²) in [5, 5.41) is 21.4. The molecule has 0 spiro atoms. The van der Waals surface area contributed by atoms with Crippen molar-refractivity contribution >= 4 is 0 Å². The number of piperidine rings is 3. The second kappa shape index (κ2) is 11.4. The maximum atomic E-state index is 11.4. The molecule has 2 bridgehead atoms. The number of β-amino-alcohol motifs (C(OH)–C–C–N with tert-alkyl or cyclic N) is 1. The molecule has 0 amide bonds. The van der Waals surface area contributed by atoms with E-state index < -0.39 is 5.60 Å². The molecule has 4 aliphatic rings. The zero-order chi connectivity index (χ0) is 24.0. The number of likely N-dealkylation sites (tertiary alicyclic amines) is 1. The minimum absolute atomic E-state index is 0.251. The molecule has 1 aromatic carbocycles. The molecular weight excluding hydrogens is 420 g/mol.